The molecule has 0 nitrogen and oxygen atoms in total. The summed E-state index contributed by atoms with van der Waals surface area (Å²) in [7, 11) is 0. The molecule has 21 rings (SSSR count). The van der Waals surface area contributed by atoms with Crippen LogP contribution in [-0.4, -0.2) is 0 Å². The van der Waals surface area contributed by atoms with Crippen LogP contribution in [0.3, 0.4) is 0 Å². The van der Waals surface area contributed by atoms with Crippen LogP contribution in [0.5, 0.6) is 0 Å². The molecule has 0 N–H and O–H groups in total. The van der Waals surface area contributed by atoms with E-state index in [-0.39, 0.29) is 0 Å². The highest BCUT2D eigenvalue weighted by molar-refractivity contribution is 5.93. The van der Waals surface area contributed by atoms with Crippen LogP contribution in [0.4, 0.5) is 0 Å². The fourth-order valence-corrected chi connectivity index (χ4v) is 17.9. The summed E-state index contributed by atoms with van der Waals surface area (Å²) in [6, 6.07) is 193. The van der Waals surface area contributed by atoms with Gasteiger partial charge in [-0.3, -0.25) is 0 Å². The second-order valence-electron chi connectivity index (χ2n) is 32.8. The predicted molar refractivity (Wildman–Crippen MR) is 535 cm³/mol. The maximum absolute atomic E-state index is 2.45. The van der Waals surface area contributed by atoms with Gasteiger partial charge in [-0.15, -0.1) is 0 Å². The minimum absolute atomic E-state index is 1.09. The predicted octanol–water partition coefficient (Wildman–Crippen LogP) is 35.0. The molecule has 0 saturated heterocycles. The Bertz CT molecular complexity index is 7130. The van der Waals surface area contributed by atoms with Gasteiger partial charge >= 0.3 is 0 Å². The summed E-state index contributed by atoms with van der Waals surface area (Å²) >= 11 is 0. The van der Waals surface area contributed by atoms with Gasteiger partial charge in [0.15, 0.2) is 0 Å². The molecule has 0 heteroatoms. The second kappa shape index (κ2) is 35.0. The summed E-state index contributed by atoms with van der Waals surface area (Å²) in [5.41, 5.74) is 46.0. The second-order valence-corrected chi connectivity index (χ2v) is 32.8. The number of hydrogen-bond acceptors (Lipinski definition) is 0. The van der Waals surface area contributed by atoms with Crippen molar-refractivity contribution in [3.05, 3.63) is 522 Å². The molecule has 0 amide bonds. The summed E-state index contributed by atoms with van der Waals surface area (Å²) in [4.78, 5) is 0. The maximum atomic E-state index is 2.45. The van der Waals surface area contributed by atoms with E-state index < -0.39 is 0 Å². The highest BCUT2D eigenvalue weighted by atomic mass is 14.2. The van der Waals surface area contributed by atoms with Gasteiger partial charge < -0.3 is 0 Å². The Morgan fingerprint density at radius 1 is 0.0476 bits per heavy atom. The van der Waals surface area contributed by atoms with Gasteiger partial charge in [-0.25, -0.2) is 0 Å². The molecule has 0 aliphatic heterocycles. The topological polar surface area (TPSA) is 0 Å². The third-order valence-corrected chi connectivity index (χ3v) is 24.6. The van der Waals surface area contributed by atoms with Gasteiger partial charge in [-0.05, 0) is 338 Å². The third kappa shape index (κ3) is 16.8. The summed E-state index contributed by atoms with van der Waals surface area (Å²) < 4.78 is 0. The molecule has 0 saturated carbocycles. The van der Waals surface area contributed by atoms with Crippen LogP contribution < -0.4 is 0 Å². The van der Waals surface area contributed by atoms with Crippen LogP contribution >= 0.6 is 0 Å². The van der Waals surface area contributed by atoms with E-state index in [2.05, 4.69) is 522 Å². The van der Waals surface area contributed by atoms with Gasteiger partial charge in [0.2, 0.25) is 0 Å². The first kappa shape index (κ1) is 77.0. The van der Waals surface area contributed by atoms with E-state index in [1.54, 1.807) is 0 Å². The lowest BCUT2D eigenvalue weighted by atomic mass is 9.87. The number of rotatable bonds is 20. The van der Waals surface area contributed by atoms with E-state index in [1.807, 2.05) is 0 Å². The van der Waals surface area contributed by atoms with Crippen molar-refractivity contribution in [3.63, 3.8) is 0 Å². The fourth-order valence-electron chi connectivity index (χ4n) is 17.9. The fraction of sp³-hybridized carbons (Fsp3) is 0. The van der Waals surface area contributed by atoms with Crippen LogP contribution in [0.2, 0.25) is 0 Å². The lowest BCUT2D eigenvalue weighted by Gasteiger charge is -2.17. The van der Waals surface area contributed by atoms with E-state index in [0.29, 0.717) is 0 Å². The summed E-state index contributed by atoms with van der Waals surface area (Å²) in [6.07, 6.45) is 0. The summed E-state index contributed by atoms with van der Waals surface area (Å²) in [6.45, 7) is 0. The molecule has 0 unspecified atom stereocenters. The summed E-state index contributed by atoms with van der Waals surface area (Å²) in [5.74, 6) is 0. The van der Waals surface area contributed by atoms with Crippen LogP contribution in [0.1, 0.15) is 0 Å². The molecule has 0 radical (unpaired) electrons. The number of hydrogen-bond donors (Lipinski definition) is 0. The molecule has 21 aromatic carbocycles. The third-order valence-electron chi connectivity index (χ3n) is 24.6. The molecule has 0 heterocycles. The van der Waals surface area contributed by atoms with Gasteiger partial charge in [-0.1, -0.05) is 406 Å². The Balaban J connectivity index is 0.736. The van der Waals surface area contributed by atoms with Crippen molar-refractivity contribution < 1.29 is 0 Å². The molecule has 0 spiro atoms. The standard InChI is InChI=1S/C126H86/c1-6-26-87(27-7-1)92-56-62-95(63-57-92)100-38-18-43-105(70-100)110-48-23-53-115(75-110)120-78-118(113-51-21-46-108(73-113)103-41-16-36-98(68-103)90-32-12-4-13-33-90)80-123(82-120)125-84-122(117-55-25-50-112(77-117)107-45-20-40-102(72-107)97-66-60-94(61-67-97)89-30-10-3-11-31-89)85-126(86-125)124-81-119(114-52-22-47-109(74-114)104-42-17-37-99(69-104)91-34-14-5-15-35-91)79-121(83-124)116-54-24-49-111(76-116)106-44-19-39-101(71-106)96-64-58-93(59-65-96)88-28-8-2-9-29-88/h1-86H. The molecule has 0 aromatic heterocycles. The molecule has 0 aliphatic rings. The van der Waals surface area contributed by atoms with E-state index in [4.69, 9.17) is 0 Å². The van der Waals surface area contributed by atoms with Crippen molar-refractivity contribution in [2.45, 2.75) is 0 Å². The molecular weight excluding hydrogens is 1510 g/mol. The van der Waals surface area contributed by atoms with Crippen molar-refractivity contribution in [2.24, 2.45) is 0 Å². The van der Waals surface area contributed by atoms with Crippen LogP contribution in [0.25, 0.3) is 223 Å². The van der Waals surface area contributed by atoms with Gasteiger partial charge in [0, 0.05) is 0 Å². The van der Waals surface area contributed by atoms with Gasteiger partial charge in [0.1, 0.15) is 0 Å². The number of benzene rings is 21. The van der Waals surface area contributed by atoms with E-state index in [1.165, 1.54) is 89.0 Å². The van der Waals surface area contributed by atoms with Gasteiger partial charge in [-0.2, -0.15) is 0 Å². The van der Waals surface area contributed by atoms with Crippen LogP contribution in [-0.2, 0) is 0 Å². The zero-order valence-electron chi connectivity index (χ0n) is 69.7. The smallest absolute Gasteiger partial charge is 0.0171 e. The molecule has 126 heavy (non-hydrogen) atoms. The average Bonchev–Trinajstić information content (AvgIpc) is 0.772. The summed E-state index contributed by atoms with van der Waals surface area (Å²) in [5, 5.41) is 0. The Labute approximate surface area is 739 Å². The highest BCUT2D eigenvalue weighted by Gasteiger charge is 2.19. The van der Waals surface area contributed by atoms with Crippen molar-refractivity contribution in [2.75, 3.05) is 0 Å². The molecule has 0 fully saturated rings. The van der Waals surface area contributed by atoms with Crippen LogP contribution in [0, 0.1) is 0 Å². The normalized spacial score (nSPS) is 11.2. The molecular formula is C126H86. The van der Waals surface area contributed by atoms with E-state index in [0.717, 1.165) is 134 Å². The molecule has 0 aliphatic carbocycles. The molecule has 0 atom stereocenters. The van der Waals surface area contributed by atoms with Crippen molar-refractivity contribution >= 4 is 0 Å². The van der Waals surface area contributed by atoms with Gasteiger partial charge in [0.25, 0.3) is 0 Å². The average molecular weight is 1600 g/mol. The SMILES string of the molecule is c1ccc(-c2ccc(-c3cccc(-c4cccc(-c5cc(-c6cccc(-c7cccc(-c8ccccc8)c7)c6)cc(-c6cc(-c7cccc(-c8cccc(-c9ccc(-c%10ccccc%10)cc9)c8)c7)cc(-c7cc(-c8cccc(-c9cccc(-c%10ccccc%10)c9)c8)cc(-c8cccc(-c9cccc(-c%10ccc(-c%11ccccc%11)cc%10)c9)c8)c7)c6)c5)c4)c3)cc2)cc1. The molecule has 590 valence electrons. The highest BCUT2D eigenvalue weighted by Crippen LogP contribution is 2.45. The maximum Gasteiger partial charge on any atom is -0.0171 e. The Morgan fingerprint density at radius 3 is 0.254 bits per heavy atom. The monoisotopic (exact) mass is 1600 g/mol. The van der Waals surface area contributed by atoms with Gasteiger partial charge in [0.05, 0.1) is 0 Å². The Kier molecular flexibility index (Phi) is 21.4. The zero-order chi connectivity index (χ0) is 83.9. The lowest BCUT2D eigenvalue weighted by Crippen LogP contribution is -1.92. The quantitative estimate of drug-likeness (QED) is 0.0713. The first-order valence-corrected chi connectivity index (χ1v) is 43.4. The van der Waals surface area contributed by atoms with E-state index in [9.17, 15) is 0 Å². The Hall–Kier alpha value is -16.4. The van der Waals surface area contributed by atoms with Crippen molar-refractivity contribution in [3.8, 4) is 223 Å². The van der Waals surface area contributed by atoms with Crippen molar-refractivity contribution in [1.82, 2.24) is 0 Å². The minimum atomic E-state index is 1.09. The molecule has 21 aromatic rings. The lowest BCUT2D eigenvalue weighted by molar-refractivity contribution is 1.53. The largest absolute Gasteiger partial charge is 0.0622 e. The first-order chi connectivity index (χ1) is 62.3. The van der Waals surface area contributed by atoms with Crippen LogP contribution in [0.15, 0.2) is 522 Å². The Morgan fingerprint density at radius 2 is 0.119 bits per heavy atom. The zero-order valence-corrected chi connectivity index (χ0v) is 69.7. The minimum Gasteiger partial charge on any atom is -0.0622 e. The molecule has 0 bridgehead atoms. The van der Waals surface area contributed by atoms with Crippen molar-refractivity contribution in [1.29, 1.82) is 0 Å². The van der Waals surface area contributed by atoms with E-state index >= 15 is 0 Å². The first-order valence-electron chi connectivity index (χ1n) is 43.4.